The van der Waals surface area contributed by atoms with Crippen LogP contribution in [-0.2, 0) is 11.0 Å². The van der Waals surface area contributed by atoms with E-state index in [4.69, 9.17) is 16.3 Å². The number of halogens is 4. The summed E-state index contributed by atoms with van der Waals surface area (Å²) in [4.78, 5) is 28.5. The Bertz CT molecular complexity index is 942. The minimum Gasteiger partial charge on any atom is -0.492 e. The van der Waals surface area contributed by atoms with Gasteiger partial charge < -0.3 is 14.5 Å². The van der Waals surface area contributed by atoms with Gasteiger partial charge in [0.2, 0.25) is 5.91 Å². The van der Waals surface area contributed by atoms with Crippen LogP contribution in [0.5, 0.6) is 5.75 Å². The van der Waals surface area contributed by atoms with Gasteiger partial charge in [-0.2, -0.15) is 13.2 Å². The zero-order valence-electron chi connectivity index (χ0n) is 17.6. The van der Waals surface area contributed by atoms with Gasteiger partial charge in [0.05, 0.1) is 12.1 Å². The van der Waals surface area contributed by atoms with E-state index in [1.54, 1.807) is 41.1 Å². The van der Waals surface area contributed by atoms with Gasteiger partial charge in [-0.05, 0) is 55.3 Å². The second-order valence-electron chi connectivity index (χ2n) is 7.71. The number of hydrogen-bond donors (Lipinski definition) is 0. The molecule has 1 saturated heterocycles. The SMILES string of the molecule is CN(CCOc1cccc(Cl)c1)C(=O)C1CCN(C(=O)c2ccc(C(F)(F)F)cc2)CC1. The van der Waals surface area contributed by atoms with E-state index in [1.807, 2.05) is 0 Å². The molecule has 5 nitrogen and oxygen atoms in total. The van der Waals surface area contributed by atoms with Gasteiger partial charge in [-0.3, -0.25) is 9.59 Å². The van der Waals surface area contributed by atoms with Crippen LogP contribution in [0.3, 0.4) is 0 Å². The molecule has 0 atom stereocenters. The summed E-state index contributed by atoms with van der Waals surface area (Å²) in [7, 11) is 1.71. The highest BCUT2D eigenvalue weighted by Crippen LogP contribution is 2.29. The maximum Gasteiger partial charge on any atom is 0.416 e. The highest BCUT2D eigenvalue weighted by atomic mass is 35.5. The third kappa shape index (κ3) is 6.16. The summed E-state index contributed by atoms with van der Waals surface area (Å²) in [5, 5.41) is 0.574. The topological polar surface area (TPSA) is 49.9 Å². The van der Waals surface area contributed by atoms with Crippen molar-refractivity contribution in [3.63, 3.8) is 0 Å². The first-order chi connectivity index (χ1) is 15.1. The van der Waals surface area contributed by atoms with Crippen molar-refractivity contribution in [3.8, 4) is 5.75 Å². The predicted molar refractivity (Wildman–Crippen MR) is 115 cm³/mol. The zero-order valence-corrected chi connectivity index (χ0v) is 18.3. The maximum absolute atomic E-state index is 12.7. The number of benzene rings is 2. The van der Waals surface area contributed by atoms with E-state index in [2.05, 4.69) is 0 Å². The number of likely N-dealkylation sites (tertiary alicyclic amines) is 1. The lowest BCUT2D eigenvalue weighted by Crippen LogP contribution is -2.44. The molecule has 1 aliphatic heterocycles. The van der Waals surface area contributed by atoms with Crippen molar-refractivity contribution in [2.24, 2.45) is 5.92 Å². The molecule has 3 rings (SSSR count). The Hall–Kier alpha value is -2.74. The summed E-state index contributed by atoms with van der Waals surface area (Å²) in [5.74, 6) is 0.0884. The van der Waals surface area contributed by atoms with Crippen LogP contribution in [0.4, 0.5) is 13.2 Å². The van der Waals surface area contributed by atoms with Crippen molar-refractivity contribution < 1.29 is 27.5 Å². The lowest BCUT2D eigenvalue weighted by Gasteiger charge is -2.33. The van der Waals surface area contributed by atoms with Crippen LogP contribution in [0.2, 0.25) is 5.02 Å². The Morgan fingerprint density at radius 2 is 1.78 bits per heavy atom. The van der Waals surface area contributed by atoms with Gasteiger partial charge in [0.15, 0.2) is 0 Å². The number of ether oxygens (including phenoxy) is 1. The summed E-state index contributed by atoms with van der Waals surface area (Å²) in [6.07, 6.45) is -3.43. The first-order valence-electron chi connectivity index (χ1n) is 10.2. The monoisotopic (exact) mass is 468 g/mol. The molecule has 2 amide bonds. The second kappa shape index (κ2) is 10.3. The molecule has 2 aromatic rings. The molecule has 0 radical (unpaired) electrons. The van der Waals surface area contributed by atoms with Crippen LogP contribution in [0.1, 0.15) is 28.8 Å². The van der Waals surface area contributed by atoms with Gasteiger partial charge in [-0.1, -0.05) is 17.7 Å². The van der Waals surface area contributed by atoms with E-state index in [0.717, 1.165) is 12.1 Å². The molecule has 9 heteroatoms. The average molecular weight is 469 g/mol. The van der Waals surface area contributed by atoms with Gasteiger partial charge >= 0.3 is 6.18 Å². The summed E-state index contributed by atoms with van der Waals surface area (Å²) in [6, 6.07) is 11.2. The third-order valence-electron chi connectivity index (χ3n) is 5.46. The van der Waals surface area contributed by atoms with E-state index in [1.165, 1.54) is 12.1 Å². The van der Waals surface area contributed by atoms with Crippen molar-refractivity contribution >= 4 is 23.4 Å². The van der Waals surface area contributed by atoms with Crippen LogP contribution in [0.25, 0.3) is 0 Å². The number of amides is 2. The number of carbonyl (C=O) groups is 2. The second-order valence-corrected chi connectivity index (χ2v) is 8.14. The van der Waals surface area contributed by atoms with Crippen molar-refractivity contribution in [1.82, 2.24) is 9.80 Å². The van der Waals surface area contributed by atoms with Crippen LogP contribution in [0, 0.1) is 5.92 Å². The van der Waals surface area contributed by atoms with Gasteiger partial charge in [0.1, 0.15) is 12.4 Å². The molecule has 0 spiro atoms. The van der Waals surface area contributed by atoms with E-state index in [-0.39, 0.29) is 23.3 Å². The lowest BCUT2D eigenvalue weighted by atomic mass is 9.95. The van der Waals surface area contributed by atoms with E-state index < -0.39 is 11.7 Å². The predicted octanol–water partition coefficient (Wildman–Crippen LogP) is 4.75. The molecular weight excluding hydrogens is 445 g/mol. The van der Waals surface area contributed by atoms with E-state index in [0.29, 0.717) is 49.9 Å². The van der Waals surface area contributed by atoms with E-state index in [9.17, 15) is 22.8 Å². The summed E-state index contributed by atoms with van der Waals surface area (Å²) in [6.45, 7) is 1.50. The number of nitrogens with zero attached hydrogens (tertiary/aromatic N) is 2. The Kier molecular flexibility index (Phi) is 7.66. The van der Waals surface area contributed by atoms with Gasteiger partial charge in [0.25, 0.3) is 5.91 Å². The molecule has 0 bridgehead atoms. The highest BCUT2D eigenvalue weighted by Gasteiger charge is 2.32. The number of carbonyl (C=O) groups excluding carboxylic acids is 2. The van der Waals surface area contributed by atoms with Gasteiger partial charge in [0, 0.05) is 36.6 Å². The number of hydrogen-bond acceptors (Lipinski definition) is 3. The average Bonchev–Trinajstić information content (AvgIpc) is 2.77. The summed E-state index contributed by atoms with van der Waals surface area (Å²) >= 11 is 5.92. The van der Waals surface area contributed by atoms with Crippen molar-refractivity contribution in [2.45, 2.75) is 19.0 Å². The fourth-order valence-electron chi connectivity index (χ4n) is 3.59. The Labute approximate surface area is 189 Å². The number of alkyl halides is 3. The molecule has 172 valence electrons. The molecule has 1 aliphatic rings. The molecule has 0 unspecified atom stereocenters. The van der Waals surface area contributed by atoms with Crippen LogP contribution >= 0.6 is 11.6 Å². The fraction of sp³-hybridized carbons (Fsp3) is 0.391. The molecule has 0 saturated carbocycles. The molecule has 32 heavy (non-hydrogen) atoms. The largest absolute Gasteiger partial charge is 0.492 e. The molecule has 0 aromatic heterocycles. The first-order valence-corrected chi connectivity index (χ1v) is 10.6. The molecule has 1 heterocycles. The molecule has 1 fully saturated rings. The van der Waals surface area contributed by atoms with Crippen LogP contribution in [-0.4, -0.2) is 54.9 Å². The first kappa shape index (κ1) is 23.9. The maximum atomic E-state index is 12.7. The minimum absolute atomic E-state index is 0.0127. The Morgan fingerprint density at radius 3 is 2.38 bits per heavy atom. The van der Waals surface area contributed by atoms with Crippen molar-refractivity contribution in [1.29, 1.82) is 0 Å². The number of likely N-dealkylation sites (N-methyl/N-ethyl adjacent to an activating group) is 1. The molecular formula is C23H24ClF3N2O3. The summed E-state index contributed by atoms with van der Waals surface area (Å²) < 4.78 is 43.7. The highest BCUT2D eigenvalue weighted by molar-refractivity contribution is 6.30. The number of piperidine rings is 1. The minimum atomic E-state index is -4.44. The summed E-state index contributed by atoms with van der Waals surface area (Å²) in [5.41, 5.74) is -0.584. The normalized spacial score (nSPS) is 14.8. The van der Waals surface area contributed by atoms with Crippen LogP contribution in [0.15, 0.2) is 48.5 Å². The van der Waals surface area contributed by atoms with Gasteiger partial charge in [-0.25, -0.2) is 0 Å². The van der Waals surface area contributed by atoms with E-state index >= 15 is 0 Å². The van der Waals surface area contributed by atoms with Crippen molar-refractivity contribution in [3.05, 3.63) is 64.7 Å². The third-order valence-corrected chi connectivity index (χ3v) is 5.69. The van der Waals surface area contributed by atoms with Gasteiger partial charge in [-0.15, -0.1) is 0 Å². The molecule has 2 aromatic carbocycles. The standard InChI is InChI=1S/C23H24ClF3N2O3/c1-28(13-14-32-20-4-2-3-19(24)15-20)21(30)17-9-11-29(12-10-17)22(31)16-5-7-18(8-6-16)23(25,26)27/h2-8,15,17H,9-14H2,1H3. The quantitative estimate of drug-likeness (QED) is 0.615. The van der Waals surface area contributed by atoms with Crippen LogP contribution < -0.4 is 4.74 Å². The molecule has 0 aliphatic carbocycles. The number of rotatable bonds is 6. The smallest absolute Gasteiger partial charge is 0.416 e. The fourth-order valence-corrected chi connectivity index (χ4v) is 3.77. The Balaban J connectivity index is 1.45. The van der Waals surface area contributed by atoms with Crippen molar-refractivity contribution in [2.75, 3.05) is 33.3 Å². The zero-order chi connectivity index (χ0) is 23.3. The Morgan fingerprint density at radius 1 is 1.12 bits per heavy atom. The lowest BCUT2D eigenvalue weighted by molar-refractivity contribution is -0.137. The molecule has 0 N–H and O–H groups in total.